The third kappa shape index (κ3) is 4.98. The lowest BCUT2D eigenvalue weighted by Gasteiger charge is -2.09. The predicted molar refractivity (Wildman–Crippen MR) is 100 cm³/mol. The highest BCUT2D eigenvalue weighted by atomic mass is 35.5. The van der Waals surface area contributed by atoms with Crippen molar-refractivity contribution in [3.8, 4) is 0 Å². The number of anilines is 1. The second-order valence-electron chi connectivity index (χ2n) is 5.46. The summed E-state index contributed by atoms with van der Waals surface area (Å²) in [5.41, 5.74) is 2.74. The molecular formula is C18H16Cl2N4O. The van der Waals surface area contributed by atoms with Gasteiger partial charge in [-0.1, -0.05) is 47.5 Å². The summed E-state index contributed by atoms with van der Waals surface area (Å²) in [6.07, 6.45) is 3.67. The molecule has 3 aromatic rings. The molecule has 0 radical (unpaired) electrons. The Kier molecular flexibility index (Phi) is 5.58. The van der Waals surface area contributed by atoms with Gasteiger partial charge in [0, 0.05) is 24.6 Å². The van der Waals surface area contributed by atoms with E-state index >= 15 is 0 Å². The van der Waals surface area contributed by atoms with E-state index in [0.29, 0.717) is 22.3 Å². The van der Waals surface area contributed by atoms with Crippen LogP contribution in [0.1, 0.15) is 11.1 Å². The number of hydrogen-bond donors (Lipinski definition) is 2. The summed E-state index contributed by atoms with van der Waals surface area (Å²) in [7, 11) is 0. The van der Waals surface area contributed by atoms with E-state index in [1.807, 2.05) is 41.2 Å². The minimum absolute atomic E-state index is 0.306. The predicted octanol–water partition coefficient (Wildman–Crippen LogP) is 4.56. The number of urea groups is 1. The molecule has 0 spiro atoms. The Morgan fingerprint density at radius 2 is 1.80 bits per heavy atom. The van der Waals surface area contributed by atoms with E-state index in [0.717, 1.165) is 17.7 Å². The van der Waals surface area contributed by atoms with Crippen LogP contribution in [0.3, 0.4) is 0 Å². The number of hydrogen-bond acceptors (Lipinski definition) is 2. The van der Waals surface area contributed by atoms with Gasteiger partial charge in [0.15, 0.2) is 0 Å². The van der Waals surface area contributed by atoms with Gasteiger partial charge in [0.1, 0.15) is 0 Å². The van der Waals surface area contributed by atoms with Crippen molar-refractivity contribution in [2.24, 2.45) is 0 Å². The van der Waals surface area contributed by atoms with E-state index in [2.05, 4.69) is 15.7 Å². The molecular weight excluding hydrogens is 359 g/mol. The normalized spacial score (nSPS) is 10.5. The molecule has 3 rings (SSSR count). The SMILES string of the molecule is O=C(NCc1ccc(Cn2cccn2)cc1)Nc1ccc(Cl)c(Cl)c1. The zero-order chi connectivity index (χ0) is 17.6. The van der Waals surface area contributed by atoms with Gasteiger partial charge in [-0.2, -0.15) is 5.10 Å². The fourth-order valence-corrected chi connectivity index (χ4v) is 2.57. The quantitative estimate of drug-likeness (QED) is 0.687. The second-order valence-corrected chi connectivity index (χ2v) is 6.27. The summed E-state index contributed by atoms with van der Waals surface area (Å²) >= 11 is 11.8. The van der Waals surface area contributed by atoms with Crippen molar-refractivity contribution >= 4 is 34.9 Å². The van der Waals surface area contributed by atoms with Crippen LogP contribution in [0, 0.1) is 0 Å². The van der Waals surface area contributed by atoms with Gasteiger partial charge in [-0.05, 0) is 35.4 Å². The van der Waals surface area contributed by atoms with E-state index in [9.17, 15) is 4.79 Å². The van der Waals surface area contributed by atoms with Crippen LogP contribution in [0.15, 0.2) is 60.9 Å². The van der Waals surface area contributed by atoms with E-state index in [1.54, 1.807) is 24.4 Å². The van der Waals surface area contributed by atoms with Crippen LogP contribution >= 0.6 is 23.2 Å². The van der Waals surface area contributed by atoms with Gasteiger partial charge >= 0.3 is 6.03 Å². The van der Waals surface area contributed by atoms with Crippen LogP contribution in [-0.2, 0) is 13.1 Å². The van der Waals surface area contributed by atoms with Gasteiger partial charge in [-0.3, -0.25) is 4.68 Å². The average Bonchev–Trinajstić information content (AvgIpc) is 3.11. The van der Waals surface area contributed by atoms with Crippen LogP contribution in [-0.4, -0.2) is 15.8 Å². The Hall–Kier alpha value is -2.50. The summed E-state index contributed by atoms with van der Waals surface area (Å²) in [4.78, 5) is 12.0. The molecule has 25 heavy (non-hydrogen) atoms. The number of carbonyl (C=O) groups excluding carboxylic acids is 1. The molecule has 0 bridgehead atoms. The lowest BCUT2D eigenvalue weighted by atomic mass is 10.1. The number of carbonyl (C=O) groups is 1. The molecule has 0 atom stereocenters. The number of nitrogens with zero attached hydrogens (tertiary/aromatic N) is 2. The maximum absolute atomic E-state index is 12.0. The number of amides is 2. The molecule has 0 aliphatic heterocycles. The third-order valence-electron chi connectivity index (χ3n) is 3.56. The van der Waals surface area contributed by atoms with E-state index in [-0.39, 0.29) is 6.03 Å². The first-order valence-corrected chi connectivity index (χ1v) is 8.41. The lowest BCUT2D eigenvalue weighted by molar-refractivity contribution is 0.251. The topological polar surface area (TPSA) is 59.0 Å². The van der Waals surface area contributed by atoms with Crippen molar-refractivity contribution in [2.45, 2.75) is 13.1 Å². The minimum Gasteiger partial charge on any atom is -0.334 e. The standard InChI is InChI=1S/C18H16Cl2N4O/c19-16-7-6-15(10-17(16)20)23-18(25)21-11-13-2-4-14(5-3-13)12-24-9-1-8-22-24/h1-10H,11-12H2,(H2,21,23,25). The molecule has 5 nitrogen and oxygen atoms in total. The highest BCUT2D eigenvalue weighted by Crippen LogP contribution is 2.24. The Bertz CT molecular complexity index is 848. The van der Waals surface area contributed by atoms with Gasteiger partial charge in [-0.25, -0.2) is 4.79 Å². The summed E-state index contributed by atoms with van der Waals surface area (Å²) in [6, 6.07) is 14.5. The van der Waals surface area contributed by atoms with E-state index < -0.39 is 0 Å². The van der Waals surface area contributed by atoms with Crippen molar-refractivity contribution in [2.75, 3.05) is 5.32 Å². The van der Waals surface area contributed by atoms with Crippen LogP contribution in [0.25, 0.3) is 0 Å². The Morgan fingerprint density at radius 1 is 1.04 bits per heavy atom. The molecule has 1 aromatic heterocycles. The van der Waals surface area contributed by atoms with Gasteiger partial charge in [0.2, 0.25) is 0 Å². The van der Waals surface area contributed by atoms with E-state index in [4.69, 9.17) is 23.2 Å². The van der Waals surface area contributed by atoms with Gasteiger partial charge in [0.25, 0.3) is 0 Å². The summed E-state index contributed by atoms with van der Waals surface area (Å²) in [6.45, 7) is 1.15. The summed E-state index contributed by atoms with van der Waals surface area (Å²) in [5, 5.41) is 10.5. The smallest absolute Gasteiger partial charge is 0.319 e. The molecule has 0 aliphatic carbocycles. The highest BCUT2D eigenvalue weighted by Gasteiger charge is 2.04. The first-order chi connectivity index (χ1) is 12.1. The molecule has 2 N–H and O–H groups in total. The van der Waals surface area contributed by atoms with Gasteiger partial charge in [0.05, 0.1) is 16.6 Å². The van der Waals surface area contributed by atoms with Crippen molar-refractivity contribution in [1.82, 2.24) is 15.1 Å². The Labute approximate surface area is 155 Å². The van der Waals surface area contributed by atoms with Gasteiger partial charge < -0.3 is 10.6 Å². The first kappa shape index (κ1) is 17.3. The fraction of sp³-hybridized carbons (Fsp3) is 0.111. The summed E-state index contributed by atoms with van der Waals surface area (Å²) < 4.78 is 1.86. The Balaban J connectivity index is 1.50. The third-order valence-corrected chi connectivity index (χ3v) is 4.30. The Morgan fingerprint density at radius 3 is 2.48 bits per heavy atom. The van der Waals surface area contributed by atoms with Crippen LogP contribution in [0.4, 0.5) is 10.5 Å². The molecule has 0 fully saturated rings. The first-order valence-electron chi connectivity index (χ1n) is 7.65. The van der Waals surface area contributed by atoms with Crippen LogP contribution in [0.5, 0.6) is 0 Å². The fourth-order valence-electron chi connectivity index (χ4n) is 2.28. The molecule has 0 unspecified atom stereocenters. The zero-order valence-corrected chi connectivity index (χ0v) is 14.8. The maximum Gasteiger partial charge on any atom is 0.319 e. The van der Waals surface area contributed by atoms with Crippen LogP contribution in [0.2, 0.25) is 10.0 Å². The number of halogens is 2. The molecule has 2 aromatic carbocycles. The van der Waals surface area contributed by atoms with Gasteiger partial charge in [-0.15, -0.1) is 0 Å². The van der Waals surface area contributed by atoms with Crippen molar-refractivity contribution < 1.29 is 4.79 Å². The molecule has 1 heterocycles. The minimum atomic E-state index is -0.306. The highest BCUT2D eigenvalue weighted by molar-refractivity contribution is 6.42. The zero-order valence-electron chi connectivity index (χ0n) is 13.2. The monoisotopic (exact) mass is 374 g/mol. The molecule has 2 amide bonds. The van der Waals surface area contributed by atoms with Crippen molar-refractivity contribution in [3.63, 3.8) is 0 Å². The van der Waals surface area contributed by atoms with Crippen molar-refractivity contribution in [3.05, 3.63) is 82.1 Å². The number of nitrogens with one attached hydrogen (secondary N) is 2. The number of rotatable bonds is 5. The number of benzene rings is 2. The largest absolute Gasteiger partial charge is 0.334 e. The van der Waals surface area contributed by atoms with E-state index in [1.165, 1.54) is 0 Å². The molecule has 128 valence electrons. The molecule has 7 heteroatoms. The molecule has 0 saturated heterocycles. The molecule has 0 aliphatic rings. The molecule has 0 saturated carbocycles. The summed E-state index contributed by atoms with van der Waals surface area (Å²) in [5.74, 6) is 0. The van der Waals surface area contributed by atoms with Crippen molar-refractivity contribution in [1.29, 1.82) is 0 Å². The average molecular weight is 375 g/mol. The number of aromatic nitrogens is 2. The van der Waals surface area contributed by atoms with Crippen LogP contribution < -0.4 is 10.6 Å². The second kappa shape index (κ2) is 8.05. The maximum atomic E-state index is 12.0. The lowest BCUT2D eigenvalue weighted by Crippen LogP contribution is -2.28.